The molecule has 43 heavy (non-hydrogen) atoms. The van der Waals surface area contributed by atoms with Crippen LogP contribution in [0.1, 0.15) is 24.5 Å². The molecule has 210 valence electrons. The van der Waals surface area contributed by atoms with Crippen LogP contribution in [0.15, 0.2) is 132 Å². The summed E-state index contributed by atoms with van der Waals surface area (Å²) in [4.78, 5) is 0. The Kier molecular flexibility index (Phi) is 7.36. The van der Waals surface area contributed by atoms with Crippen LogP contribution in [0.3, 0.4) is 0 Å². The van der Waals surface area contributed by atoms with Crippen molar-refractivity contribution in [1.29, 1.82) is 0 Å². The van der Waals surface area contributed by atoms with Gasteiger partial charge in [0.25, 0.3) is 0 Å². The maximum absolute atomic E-state index is 10.4. The Hall–Kier alpha value is -5.46. The minimum Gasteiger partial charge on any atom is -0.504 e. The van der Waals surface area contributed by atoms with Crippen molar-refractivity contribution in [3.63, 3.8) is 0 Å². The van der Waals surface area contributed by atoms with Crippen LogP contribution in [0.5, 0.6) is 0 Å². The molecule has 0 spiro atoms. The van der Waals surface area contributed by atoms with E-state index in [-0.39, 0.29) is 5.76 Å². The Morgan fingerprint density at radius 2 is 1.21 bits per heavy atom. The Morgan fingerprint density at radius 1 is 0.651 bits per heavy atom. The van der Waals surface area contributed by atoms with Gasteiger partial charge >= 0.3 is 0 Å². The largest absolute Gasteiger partial charge is 0.504 e. The highest BCUT2D eigenvalue weighted by Gasteiger charge is 2.18. The van der Waals surface area contributed by atoms with E-state index in [1.807, 2.05) is 5.92 Å². The van der Waals surface area contributed by atoms with Gasteiger partial charge in [-0.15, -0.1) is 6.42 Å². The molecule has 0 fully saturated rings. The average molecular weight is 561 g/mol. The second-order valence-corrected chi connectivity index (χ2v) is 11.0. The number of aliphatic hydroxyl groups excluding tert-OH is 3. The summed E-state index contributed by atoms with van der Waals surface area (Å²) < 4.78 is 0. The van der Waals surface area contributed by atoms with Gasteiger partial charge in [0.2, 0.25) is 11.5 Å². The molecular weight excluding hydrogens is 528 g/mol. The third-order valence-corrected chi connectivity index (χ3v) is 8.39. The number of hydrogen-bond donors (Lipinski definition) is 3. The second kappa shape index (κ2) is 11.4. The first kappa shape index (κ1) is 27.7. The van der Waals surface area contributed by atoms with Crippen molar-refractivity contribution in [2.45, 2.75) is 26.7 Å². The number of aryl methyl sites for hydroxylation is 2. The minimum absolute atomic E-state index is 0.384. The number of fused-ring (bicyclic) bond motifs is 3. The molecule has 0 amide bonds. The summed E-state index contributed by atoms with van der Waals surface area (Å²) in [6.07, 6.45) is 6.29. The highest BCUT2D eigenvalue weighted by atomic mass is 16.3. The monoisotopic (exact) mass is 560 g/mol. The molecule has 0 saturated carbocycles. The first-order valence-corrected chi connectivity index (χ1v) is 14.4. The molecule has 0 atom stereocenters. The Morgan fingerprint density at radius 3 is 1.84 bits per heavy atom. The Balaban J connectivity index is 1.53. The summed E-state index contributed by atoms with van der Waals surface area (Å²) in [7, 11) is 0. The first-order chi connectivity index (χ1) is 20.9. The molecule has 0 aromatic heterocycles. The van der Waals surface area contributed by atoms with Crippen LogP contribution in [0.2, 0.25) is 0 Å². The number of allylic oxidation sites excluding steroid dienone is 2. The smallest absolute Gasteiger partial charge is 0.213 e. The van der Waals surface area contributed by atoms with Gasteiger partial charge in [0.05, 0.1) is 0 Å². The molecule has 0 unspecified atom stereocenters. The lowest BCUT2D eigenvalue weighted by molar-refractivity contribution is 0.289. The molecule has 3 heteroatoms. The maximum atomic E-state index is 10.4. The number of terminal acetylenes is 1. The third-order valence-electron chi connectivity index (χ3n) is 8.39. The van der Waals surface area contributed by atoms with E-state index < -0.39 is 11.5 Å². The van der Waals surface area contributed by atoms with Gasteiger partial charge in [-0.2, -0.15) is 0 Å². The van der Waals surface area contributed by atoms with Gasteiger partial charge in [-0.05, 0) is 104 Å². The molecule has 0 heterocycles. The standard InChI is InChI=1S/C40H32O3/c1-4-36(41)40(43)39(42)26(3)21-22-28-24-29(23-20-25(28)2)37-32-15-7-9-17-34(32)38(35-18-10-8-16-33(35)37)31-19-11-13-27-12-5-6-14-30(27)31/h1,5-20,23-24,41-43H,21-22H2,2-3H3/b39-26+,40-36-. The highest BCUT2D eigenvalue weighted by Crippen LogP contribution is 2.45. The van der Waals surface area contributed by atoms with Crippen molar-refractivity contribution >= 4 is 32.3 Å². The van der Waals surface area contributed by atoms with Gasteiger partial charge in [-0.25, -0.2) is 0 Å². The average Bonchev–Trinajstić information content (AvgIpc) is 3.05. The first-order valence-electron chi connectivity index (χ1n) is 14.4. The van der Waals surface area contributed by atoms with Crippen molar-refractivity contribution in [3.05, 3.63) is 143 Å². The summed E-state index contributed by atoms with van der Waals surface area (Å²) >= 11 is 0. The van der Waals surface area contributed by atoms with E-state index in [0.29, 0.717) is 18.4 Å². The Labute approximate surface area is 251 Å². The van der Waals surface area contributed by atoms with Crippen LogP contribution >= 0.6 is 0 Å². The minimum atomic E-state index is -0.680. The molecule has 3 N–H and O–H groups in total. The van der Waals surface area contributed by atoms with Gasteiger partial charge in [0.15, 0.2) is 5.76 Å². The molecule has 0 aliphatic heterocycles. The highest BCUT2D eigenvalue weighted by molar-refractivity contribution is 6.23. The summed E-state index contributed by atoms with van der Waals surface area (Å²) in [6.45, 7) is 3.81. The quantitative estimate of drug-likeness (QED) is 0.0822. The van der Waals surface area contributed by atoms with Gasteiger partial charge in [-0.3, -0.25) is 0 Å². The van der Waals surface area contributed by atoms with Crippen LogP contribution in [-0.2, 0) is 6.42 Å². The van der Waals surface area contributed by atoms with E-state index in [0.717, 1.165) is 16.7 Å². The molecule has 0 aliphatic rings. The fraction of sp³-hybridized carbons (Fsp3) is 0.100. The topological polar surface area (TPSA) is 60.7 Å². The van der Waals surface area contributed by atoms with Crippen molar-refractivity contribution in [2.24, 2.45) is 0 Å². The zero-order valence-electron chi connectivity index (χ0n) is 24.2. The SMILES string of the molecule is C#C/C(O)=C(O)\C(O)=C(\C)CCc1cc(-c2c3ccccc3c(-c3cccc4ccccc34)c3ccccc23)ccc1C. The fourth-order valence-corrected chi connectivity index (χ4v) is 6.09. The fourth-order valence-electron chi connectivity index (χ4n) is 6.09. The molecule has 0 bridgehead atoms. The molecule has 0 saturated heterocycles. The van der Waals surface area contributed by atoms with Crippen molar-refractivity contribution < 1.29 is 15.3 Å². The van der Waals surface area contributed by atoms with Crippen LogP contribution in [-0.4, -0.2) is 15.3 Å². The second-order valence-electron chi connectivity index (χ2n) is 11.0. The predicted octanol–water partition coefficient (Wildman–Crippen LogP) is 10.5. The van der Waals surface area contributed by atoms with Crippen LogP contribution in [0, 0.1) is 19.3 Å². The molecule has 6 rings (SSSR count). The van der Waals surface area contributed by atoms with Gasteiger partial charge in [-0.1, -0.05) is 109 Å². The molecule has 0 radical (unpaired) electrons. The maximum Gasteiger partial charge on any atom is 0.213 e. The molecule has 3 nitrogen and oxygen atoms in total. The normalized spacial score (nSPS) is 12.7. The van der Waals surface area contributed by atoms with E-state index in [2.05, 4.69) is 116 Å². The molecule has 6 aromatic rings. The summed E-state index contributed by atoms with van der Waals surface area (Å²) in [5.74, 6) is 0.217. The predicted molar refractivity (Wildman–Crippen MR) is 179 cm³/mol. The van der Waals surface area contributed by atoms with Gasteiger partial charge < -0.3 is 15.3 Å². The molecule has 6 aromatic carbocycles. The van der Waals surface area contributed by atoms with Gasteiger partial charge in [0, 0.05) is 0 Å². The van der Waals surface area contributed by atoms with E-state index in [1.54, 1.807) is 6.92 Å². The van der Waals surface area contributed by atoms with E-state index in [9.17, 15) is 15.3 Å². The van der Waals surface area contributed by atoms with Crippen molar-refractivity contribution in [1.82, 2.24) is 0 Å². The van der Waals surface area contributed by atoms with Gasteiger partial charge in [0.1, 0.15) is 0 Å². The van der Waals surface area contributed by atoms with E-state index in [1.165, 1.54) is 49.0 Å². The van der Waals surface area contributed by atoms with Crippen molar-refractivity contribution in [2.75, 3.05) is 0 Å². The summed E-state index contributed by atoms with van der Waals surface area (Å²) in [6, 6.07) is 38.9. The zero-order chi connectivity index (χ0) is 30.1. The van der Waals surface area contributed by atoms with Crippen LogP contribution in [0.25, 0.3) is 54.6 Å². The lowest BCUT2D eigenvalue weighted by Crippen LogP contribution is -1.99. The number of benzene rings is 6. The Bertz CT molecular complexity index is 2080. The summed E-state index contributed by atoms with van der Waals surface area (Å²) in [5.41, 5.74) is 7.58. The van der Waals surface area contributed by atoms with E-state index >= 15 is 0 Å². The molecular formula is C40H32O3. The lowest BCUT2D eigenvalue weighted by atomic mass is 9.84. The lowest BCUT2D eigenvalue weighted by Gasteiger charge is -2.19. The molecule has 0 aliphatic carbocycles. The van der Waals surface area contributed by atoms with E-state index in [4.69, 9.17) is 6.42 Å². The van der Waals surface area contributed by atoms with Crippen LogP contribution in [0.4, 0.5) is 0 Å². The van der Waals surface area contributed by atoms with Crippen LogP contribution < -0.4 is 0 Å². The summed E-state index contributed by atoms with van der Waals surface area (Å²) in [5, 5.41) is 37.3. The number of rotatable bonds is 6. The van der Waals surface area contributed by atoms with Crippen molar-refractivity contribution in [3.8, 4) is 34.6 Å². The number of aliphatic hydroxyl groups is 3. The third kappa shape index (κ3) is 4.98. The zero-order valence-corrected chi connectivity index (χ0v) is 24.2. The number of hydrogen-bond acceptors (Lipinski definition) is 3.